The van der Waals surface area contributed by atoms with Crippen LogP contribution in [-0.2, 0) is 6.42 Å². The van der Waals surface area contributed by atoms with E-state index in [2.05, 4.69) is 34.9 Å². The smallest absolute Gasteiger partial charge is 0.196 e. The zero-order valence-corrected chi connectivity index (χ0v) is 20.1. The van der Waals surface area contributed by atoms with Crippen LogP contribution in [0.3, 0.4) is 0 Å². The molecule has 0 saturated carbocycles. The van der Waals surface area contributed by atoms with Crippen molar-refractivity contribution in [3.05, 3.63) is 155 Å². The highest BCUT2D eigenvalue weighted by molar-refractivity contribution is 6.32. The van der Waals surface area contributed by atoms with Crippen molar-refractivity contribution < 1.29 is 9.59 Å². The standard InChI is InChI=1S/C33H24N2O2/c36-32-26-13-7-8-14-27(26)33(37)31-29(20-19-28(30(31)32)34-24-11-5-2-6-12-24)35-25-17-15-23(16-18-25)21-22-9-3-1-4-10-22/h1-20,34-35H,21H2. The number of hydrogen-bond acceptors (Lipinski definition) is 4. The number of ketones is 2. The van der Waals surface area contributed by atoms with E-state index in [0.717, 1.165) is 17.8 Å². The van der Waals surface area contributed by atoms with Gasteiger partial charge < -0.3 is 10.6 Å². The lowest BCUT2D eigenvalue weighted by molar-refractivity contribution is 0.0980. The molecule has 5 aromatic rings. The largest absolute Gasteiger partial charge is 0.355 e. The molecule has 0 radical (unpaired) electrons. The van der Waals surface area contributed by atoms with E-state index in [1.807, 2.05) is 72.8 Å². The van der Waals surface area contributed by atoms with Gasteiger partial charge in [-0.1, -0.05) is 84.9 Å². The molecule has 37 heavy (non-hydrogen) atoms. The third-order valence-corrected chi connectivity index (χ3v) is 6.61. The summed E-state index contributed by atoms with van der Waals surface area (Å²) in [5.74, 6) is -0.324. The number of carbonyl (C=O) groups is 2. The Morgan fingerprint density at radius 1 is 0.432 bits per heavy atom. The van der Waals surface area contributed by atoms with Crippen molar-refractivity contribution in [3.8, 4) is 0 Å². The highest BCUT2D eigenvalue weighted by Gasteiger charge is 2.34. The van der Waals surface area contributed by atoms with Gasteiger partial charge in [0.05, 0.1) is 22.5 Å². The van der Waals surface area contributed by atoms with E-state index < -0.39 is 0 Å². The van der Waals surface area contributed by atoms with Gasteiger partial charge in [0, 0.05) is 22.5 Å². The fourth-order valence-corrected chi connectivity index (χ4v) is 4.80. The van der Waals surface area contributed by atoms with Crippen LogP contribution in [0.2, 0.25) is 0 Å². The molecule has 0 spiro atoms. The molecule has 0 aromatic heterocycles. The molecule has 0 unspecified atom stereocenters. The normalized spacial score (nSPS) is 12.0. The maximum absolute atomic E-state index is 13.7. The number of carbonyl (C=O) groups excluding carboxylic acids is 2. The van der Waals surface area contributed by atoms with Gasteiger partial charge in [-0.25, -0.2) is 0 Å². The highest BCUT2D eigenvalue weighted by Crippen LogP contribution is 2.38. The summed E-state index contributed by atoms with van der Waals surface area (Å²) in [4.78, 5) is 27.4. The van der Waals surface area contributed by atoms with Crippen LogP contribution in [0.1, 0.15) is 43.0 Å². The number of benzene rings is 5. The van der Waals surface area contributed by atoms with E-state index >= 15 is 0 Å². The summed E-state index contributed by atoms with van der Waals surface area (Å²) >= 11 is 0. The number of anilines is 4. The second-order valence-electron chi connectivity index (χ2n) is 9.09. The summed E-state index contributed by atoms with van der Waals surface area (Å²) in [6, 6.07) is 38.9. The molecule has 6 rings (SSSR count). The summed E-state index contributed by atoms with van der Waals surface area (Å²) in [7, 11) is 0. The Kier molecular flexibility index (Phi) is 5.83. The number of nitrogens with one attached hydrogen (secondary N) is 2. The molecule has 2 N–H and O–H groups in total. The van der Waals surface area contributed by atoms with Crippen LogP contribution >= 0.6 is 0 Å². The number of hydrogen-bond donors (Lipinski definition) is 2. The molecule has 1 aliphatic carbocycles. The van der Waals surface area contributed by atoms with Gasteiger partial charge in [0.15, 0.2) is 11.6 Å². The summed E-state index contributed by atoms with van der Waals surface area (Å²) in [6.07, 6.45) is 0.847. The van der Waals surface area contributed by atoms with Gasteiger partial charge in [0.1, 0.15) is 0 Å². The lowest BCUT2D eigenvalue weighted by Gasteiger charge is -2.24. The van der Waals surface area contributed by atoms with E-state index in [4.69, 9.17) is 0 Å². The molecule has 0 aliphatic heterocycles. The summed E-state index contributed by atoms with van der Waals surface area (Å²) in [5, 5.41) is 6.73. The van der Waals surface area contributed by atoms with Crippen LogP contribution in [0.4, 0.5) is 22.7 Å². The van der Waals surface area contributed by atoms with Crippen molar-refractivity contribution in [2.75, 3.05) is 10.6 Å². The van der Waals surface area contributed by atoms with E-state index in [1.54, 1.807) is 24.3 Å². The van der Waals surface area contributed by atoms with E-state index in [1.165, 1.54) is 11.1 Å². The first-order valence-electron chi connectivity index (χ1n) is 12.2. The zero-order valence-electron chi connectivity index (χ0n) is 20.1. The molecule has 5 aromatic carbocycles. The molecule has 0 heterocycles. The fraction of sp³-hybridized carbons (Fsp3) is 0.0303. The van der Waals surface area contributed by atoms with Crippen molar-refractivity contribution in [2.24, 2.45) is 0 Å². The van der Waals surface area contributed by atoms with Crippen molar-refractivity contribution in [1.29, 1.82) is 0 Å². The Hall–Kier alpha value is -4.96. The van der Waals surface area contributed by atoms with Crippen LogP contribution in [0.15, 0.2) is 121 Å². The molecule has 178 valence electrons. The van der Waals surface area contributed by atoms with Gasteiger partial charge in [0.2, 0.25) is 0 Å². The minimum Gasteiger partial charge on any atom is -0.355 e. The summed E-state index contributed by atoms with van der Waals surface area (Å²) < 4.78 is 0. The first-order valence-corrected chi connectivity index (χ1v) is 12.2. The second-order valence-corrected chi connectivity index (χ2v) is 9.09. The number of rotatable bonds is 6. The van der Waals surface area contributed by atoms with Gasteiger partial charge >= 0.3 is 0 Å². The monoisotopic (exact) mass is 480 g/mol. The Labute approximate surface area is 215 Å². The highest BCUT2D eigenvalue weighted by atomic mass is 16.1. The van der Waals surface area contributed by atoms with Crippen LogP contribution in [0, 0.1) is 0 Å². The fourth-order valence-electron chi connectivity index (χ4n) is 4.80. The maximum Gasteiger partial charge on any atom is 0.196 e. The van der Waals surface area contributed by atoms with Crippen LogP contribution in [0.5, 0.6) is 0 Å². The van der Waals surface area contributed by atoms with Gasteiger partial charge in [-0.15, -0.1) is 0 Å². The predicted octanol–water partition coefficient (Wildman–Crippen LogP) is 7.54. The lowest BCUT2D eigenvalue weighted by Crippen LogP contribution is -2.23. The first kappa shape index (κ1) is 22.5. The Balaban J connectivity index is 1.37. The Morgan fingerprint density at radius 3 is 1.41 bits per heavy atom. The third-order valence-electron chi connectivity index (χ3n) is 6.61. The summed E-state index contributed by atoms with van der Waals surface area (Å²) in [5.41, 5.74) is 6.99. The SMILES string of the molecule is O=C1c2ccccc2C(=O)c2c(Nc3ccc(Cc4ccccc4)cc3)ccc(Nc3ccccc3)c21. The average molecular weight is 481 g/mol. The van der Waals surface area contributed by atoms with Gasteiger partial charge in [0.25, 0.3) is 0 Å². The molecular weight excluding hydrogens is 456 g/mol. The van der Waals surface area contributed by atoms with Crippen molar-refractivity contribution in [1.82, 2.24) is 0 Å². The minimum absolute atomic E-state index is 0.162. The maximum atomic E-state index is 13.7. The number of para-hydroxylation sites is 1. The van der Waals surface area contributed by atoms with Crippen LogP contribution in [-0.4, -0.2) is 11.6 Å². The Bertz CT molecular complexity index is 1610. The molecule has 4 nitrogen and oxygen atoms in total. The zero-order chi connectivity index (χ0) is 25.2. The van der Waals surface area contributed by atoms with Crippen molar-refractivity contribution in [2.45, 2.75) is 6.42 Å². The van der Waals surface area contributed by atoms with Crippen LogP contribution in [0.25, 0.3) is 0 Å². The molecular formula is C33H24N2O2. The van der Waals surface area contributed by atoms with E-state index in [0.29, 0.717) is 33.6 Å². The van der Waals surface area contributed by atoms with E-state index in [-0.39, 0.29) is 11.6 Å². The van der Waals surface area contributed by atoms with E-state index in [9.17, 15) is 9.59 Å². The molecule has 4 heteroatoms. The molecule has 0 fully saturated rings. The van der Waals surface area contributed by atoms with Crippen molar-refractivity contribution >= 4 is 34.3 Å². The van der Waals surface area contributed by atoms with Gasteiger partial charge in [-0.3, -0.25) is 9.59 Å². The Morgan fingerprint density at radius 2 is 0.865 bits per heavy atom. The molecule has 0 amide bonds. The molecule has 0 bridgehead atoms. The van der Waals surface area contributed by atoms with Gasteiger partial charge in [-0.2, -0.15) is 0 Å². The molecule has 1 aliphatic rings. The topological polar surface area (TPSA) is 58.2 Å². The average Bonchev–Trinajstić information content (AvgIpc) is 2.94. The molecule has 0 saturated heterocycles. The first-order chi connectivity index (χ1) is 18.2. The predicted molar refractivity (Wildman–Crippen MR) is 148 cm³/mol. The summed E-state index contributed by atoms with van der Waals surface area (Å²) in [6.45, 7) is 0. The van der Waals surface area contributed by atoms with Crippen molar-refractivity contribution in [3.63, 3.8) is 0 Å². The third kappa shape index (κ3) is 4.41. The lowest BCUT2D eigenvalue weighted by atomic mass is 9.82. The number of fused-ring (bicyclic) bond motifs is 2. The minimum atomic E-state index is -0.162. The quantitative estimate of drug-likeness (QED) is 0.259. The van der Waals surface area contributed by atoms with Gasteiger partial charge in [-0.05, 0) is 53.9 Å². The molecule has 0 atom stereocenters. The second kappa shape index (κ2) is 9.59. The van der Waals surface area contributed by atoms with Crippen LogP contribution < -0.4 is 10.6 Å².